The summed E-state index contributed by atoms with van der Waals surface area (Å²) in [5.41, 5.74) is 2.24. The summed E-state index contributed by atoms with van der Waals surface area (Å²) in [6.45, 7) is 3.47. The molecule has 0 saturated carbocycles. The average molecular weight is 445 g/mol. The van der Waals surface area contributed by atoms with Crippen molar-refractivity contribution in [1.29, 1.82) is 0 Å². The number of ether oxygens (including phenoxy) is 1. The van der Waals surface area contributed by atoms with E-state index in [1.165, 1.54) is 12.8 Å². The first-order valence-electron chi connectivity index (χ1n) is 9.61. The van der Waals surface area contributed by atoms with Crippen LogP contribution in [0.4, 0.5) is 5.69 Å². The quantitative estimate of drug-likeness (QED) is 0.720. The van der Waals surface area contributed by atoms with E-state index in [0.717, 1.165) is 36.0 Å². The molecule has 6 heteroatoms. The Bertz CT molecular complexity index is 845. The highest BCUT2D eigenvalue weighted by Crippen LogP contribution is 2.21. The molecule has 0 unspecified atom stereocenters. The average Bonchev–Trinajstić information content (AvgIpc) is 2.98. The number of benzene rings is 2. The summed E-state index contributed by atoms with van der Waals surface area (Å²) in [4.78, 5) is 26.9. The maximum atomic E-state index is 12.7. The van der Waals surface area contributed by atoms with Crippen LogP contribution in [-0.4, -0.2) is 36.4 Å². The third kappa shape index (κ3) is 5.58. The number of anilines is 1. The van der Waals surface area contributed by atoms with E-state index in [-0.39, 0.29) is 18.4 Å². The molecule has 2 aromatic rings. The molecule has 0 aliphatic carbocycles. The molecule has 0 radical (unpaired) electrons. The van der Waals surface area contributed by atoms with Crippen LogP contribution < -0.4 is 10.1 Å². The first-order valence-corrected chi connectivity index (χ1v) is 10.4. The summed E-state index contributed by atoms with van der Waals surface area (Å²) in [7, 11) is 0. The van der Waals surface area contributed by atoms with Gasteiger partial charge in [0.15, 0.2) is 6.61 Å². The molecule has 0 aromatic heterocycles. The molecule has 28 heavy (non-hydrogen) atoms. The first kappa shape index (κ1) is 20.4. The van der Waals surface area contributed by atoms with Crippen molar-refractivity contribution in [2.24, 2.45) is 0 Å². The van der Waals surface area contributed by atoms with Gasteiger partial charge in [0.2, 0.25) is 0 Å². The van der Waals surface area contributed by atoms with Gasteiger partial charge in [-0.1, -0.05) is 34.8 Å². The molecule has 1 aliphatic rings. The van der Waals surface area contributed by atoms with E-state index in [0.29, 0.717) is 17.0 Å². The van der Waals surface area contributed by atoms with Gasteiger partial charge in [-0.15, -0.1) is 0 Å². The van der Waals surface area contributed by atoms with Crippen molar-refractivity contribution in [3.8, 4) is 5.75 Å². The molecular weight excluding hydrogens is 420 g/mol. The fourth-order valence-corrected chi connectivity index (χ4v) is 3.49. The molecule has 0 spiro atoms. The Balaban J connectivity index is 1.58. The molecule has 1 N–H and O–H groups in total. The molecule has 1 aliphatic heterocycles. The number of nitrogens with zero attached hydrogens (tertiary/aromatic N) is 1. The number of carbonyl (C=O) groups excluding carboxylic acids is 2. The number of rotatable bonds is 5. The lowest BCUT2D eigenvalue weighted by molar-refractivity contribution is -0.118. The van der Waals surface area contributed by atoms with Crippen molar-refractivity contribution >= 4 is 33.4 Å². The molecule has 1 heterocycles. The van der Waals surface area contributed by atoms with Crippen molar-refractivity contribution in [3.05, 3.63) is 58.1 Å². The highest BCUT2D eigenvalue weighted by molar-refractivity contribution is 9.10. The van der Waals surface area contributed by atoms with E-state index in [2.05, 4.69) is 21.2 Å². The molecule has 148 valence electrons. The lowest BCUT2D eigenvalue weighted by atomic mass is 10.1. The molecule has 0 bridgehead atoms. The van der Waals surface area contributed by atoms with Gasteiger partial charge in [0, 0.05) is 28.8 Å². The second-order valence-electron chi connectivity index (χ2n) is 7.04. The maximum Gasteiger partial charge on any atom is 0.262 e. The van der Waals surface area contributed by atoms with Gasteiger partial charge in [0.25, 0.3) is 11.8 Å². The number of hydrogen-bond donors (Lipinski definition) is 1. The highest BCUT2D eigenvalue weighted by atomic mass is 79.9. The van der Waals surface area contributed by atoms with E-state index in [9.17, 15) is 9.59 Å². The lowest BCUT2D eigenvalue weighted by Gasteiger charge is -2.20. The molecule has 1 fully saturated rings. The SMILES string of the molecule is Cc1cc(OCC(=O)Nc2cccc(C(=O)N3CCCCCC3)c2)ccc1Br. The van der Waals surface area contributed by atoms with Crippen LogP contribution in [0.5, 0.6) is 5.75 Å². The fraction of sp³-hybridized carbons (Fsp3) is 0.364. The summed E-state index contributed by atoms with van der Waals surface area (Å²) < 4.78 is 6.55. The summed E-state index contributed by atoms with van der Waals surface area (Å²) in [5.74, 6) is 0.403. The van der Waals surface area contributed by atoms with Crippen LogP contribution >= 0.6 is 15.9 Å². The minimum atomic E-state index is -0.264. The number of likely N-dealkylation sites (tertiary alicyclic amines) is 1. The third-order valence-electron chi connectivity index (χ3n) is 4.79. The number of amides is 2. The number of hydrogen-bond acceptors (Lipinski definition) is 3. The second kappa shape index (κ2) is 9.73. The predicted molar refractivity (Wildman–Crippen MR) is 114 cm³/mol. The van der Waals surface area contributed by atoms with Gasteiger partial charge in [-0.25, -0.2) is 0 Å². The normalized spacial score (nSPS) is 14.3. The van der Waals surface area contributed by atoms with Crippen LogP contribution in [0.25, 0.3) is 0 Å². The monoisotopic (exact) mass is 444 g/mol. The molecule has 2 amide bonds. The Morgan fingerprint density at radius 1 is 1.07 bits per heavy atom. The van der Waals surface area contributed by atoms with E-state index in [4.69, 9.17) is 4.74 Å². The van der Waals surface area contributed by atoms with E-state index >= 15 is 0 Å². The van der Waals surface area contributed by atoms with E-state index < -0.39 is 0 Å². The predicted octanol–water partition coefficient (Wildman–Crippen LogP) is 4.79. The van der Waals surface area contributed by atoms with Crippen molar-refractivity contribution in [1.82, 2.24) is 4.90 Å². The molecule has 3 rings (SSSR count). The van der Waals surface area contributed by atoms with Gasteiger partial charge < -0.3 is 15.0 Å². The number of halogens is 1. The lowest BCUT2D eigenvalue weighted by Crippen LogP contribution is -2.31. The van der Waals surface area contributed by atoms with Gasteiger partial charge in [0.05, 0.1) is 0 Å². The van der Waals surface area contributed by atoms with Crippen molar-refractivity contribution in [2.45, 2.75) is 32.6 Å². The summed E-state index contributed by atoms with van der Waals surface area (Å²) >= 11 is 3.44. The molecule has 2 aromatic carbocycles. The van der Waals surface area contributed by atoms with Gasteiger partial charge in [-0.05, 0) is 61.7 Å². The van der Waals surface area contributed by atoms with E-state index in [1.807, 2.05) is 30.0 Å². The van der Waals surface area contributed by atoms with E-state index in [1.54, 1.807) is 24.3 Å². The number of carbonyl (C=O) groups is 2. The minimum absolute atomic E-state index is 0.0274. The fourth-order valence-electron chi connectivity index (χ4n) is 3.24. The summed E-state index contributed by atoms with van der Waals surface area (Å²) in [5, 5.41) is 2.80. The Morgan fingerprint density at radius 3 is 2.54 bits per heavy atom. The van der Waals surface area contributed by atoms with Crippen LogP contribution in [0.15, 0.2) is 46.9 Å². The van der Waals surface area contributed by atoms with Crippen LogP contribution in [0, 0.1) is 6.92 Å². The summed E-state index contributed by atoms with van der Waals surface area (Å²) in [6, 6.07) is 12.7. The Morgan fingerprint density at radius 2 is 1.82 bits per heavy atom. The zero-order valence-corrected chi connectivity index (χ0v) is 17.6. The Labute approximate surface area is 174 Å². The highest BCUT2D eigenvalue weighted by Gasteiger charge is 2.17. The molecule has 5 nitrogen and oxygen atoms in total. The maximum absolute atomic E-state index is 12.7. The first-order chi connectivity index (χ1) is 13.5. The third-order valence-corrected chi connectivity index (χ3v) is 5.68. The van der Waals surface area contributed by atoms with Crippen LogP contribution in [-0.2, 0) is 4.79 Å². The summed E-state index contributed by atoms with van der Waals surface area (Å²) in [6.07, 6.45) is 4.46. The smallest absolute Gasteiger partial charge is 0.262 e. The van der Waals surface area contributed by atoms with Crippen LogP contribution in [0.2, 0.25) is 0 Å². The largest absolute Gasteiger partial charge is 0.484 e. The van der Waals surface area contributed by atoms with Crippen molar-refractivity contribution in [2.75, 3.05) is 25.0 Å². The molecule has 1 saturated heterocycles. The topological polar surface area (TPSA) is 58.6 Å². The number of aryl methyl sites for hydroxylation is 1. The molecular formula is C22H25BrN2O3. The zero-order valence-electron chi connectivity index (χ0n) is 16.0. The van der Waals surface area contributed by atoms with Gasteiger partial charge >= 0.3 is 0 Å². The van der Waals surface area contributed by atoms with Crippen molar-refractivity contribution < 1.29 is 14.3 Å². The van der Waals surface area contributed by atoms with Gasteiger partial charge in [0.1, 0.15) is 5.75 Å². The Kier molecular flexibility index (Phi) is 7.09. The minimum Gasteiger partial charge on any atom is -0.484 e. The van der Waals surface area contributed by atoms with Gasteiger partial charge in [-0.2, -0.15) is 0 Å². The van der Waals surface area contributed by atoms with Gasteiger partial charge in [-0.3, -0.25) is 9.59 Å². The van der Waals surface area contributed by atoms with Crippen LogP contribution in [0.3, 0.4) is 0 Å². The zero-order chi connectivity index (χ0) is 19.9. The second-order valence-corrected chi connectivity index (χ2v) is 7.89. The van der Waals surface area contributed by atoms with Crippen molar-refractivity contribution in [3.63, 3.8) is 0 Å². The molecule has 0 atom stereocenters. The number of nitrogens with one attached hydrogen (secondary N) is 1. The van der Waals surface area contributed by atoms with Crippen LogP contribution in [0.1, 0.15) is 41.6 Å². The Hall–Kier alpha value is -2.34. The standard InChI is InChI=1S/C22H25BrN2O3/c1-16-13-19(9-10-20(16)23)28-15-21(26)24-18-8-6-7-17(14-18)22(27)25-11-4-2-3-5-12-25/h6-10,13-14H,2-5,11-12,15H2,1H3,(H,24,26).